The normalized spacial score (nSPS) is 15.6. The van der Waals surface area contributed by atoms with Crippen LogP contribution in [0.4, 0.5) is 0 Å². The van der Waals surface area contributed by atoms with Gasteiger partial charge in [0.2, 0.25) is 0 Å². The van der Waals surface area contributed by atoms with Crippen LogP contribution in [0.3, 0.4) is 0 Å². The summed E-state index contributed by atoms with van der Waals surface area (Å²) >= 11 is 0. The monoisotopic (exact) mass is 301 g/mol. The highest BCUT2D eigenvalue weighted by Gasteiger charge is 2.22. The van der Waals surface area contributed by atoms with E-state index in [2.05, 4.69) is 0 Å². The first-order valence-corrected chi connectivity index (χ1v) is 7.76. The van der Waals surface area contributed by atoms with E-state index in [0.29, 0.717) is 6.42 Å². The molecule has 0 saturated heterocycles. The van der Waals surface area contributed by atoms with Gasteiger partial charge in [0, 0.05) is 37.4 Å². The quantitative estimate of drug-likeness (QED) is 0.505. The Hall–Kier alpha value is -1.56. The molecule has 0 saturated carbocycles. The number of Topliss-reactive ketones (excluding diaryl/α,β-unsaturated/α-hetero) is 1. The van der Waals surface area contributed by atoms with E-state index in [4.69, 9.17) is 9.79 Å². The van der Waals surface area contributed by atoms with Crippen molar-refractivity contribution in [3.05, 3.63) is 24.0 Å². The molecule has 7 nitrogen and oxygen atoms in total. The first kappa shape index (κ1) is 16.5. The summed E-state index contributed by atoms with van der Waals surface area (Å²) in [6.45, 7) is 0.203. The smallest absolute Gasteiger partial charge is 0.321 e. The molecule has 1 heterocycles. The largest absolute Gasteiger partial charge is 0.348 e. The summed E-state index contributed by atoms with van der Waals surface area (Å²) in [5.74, 6) is -0.0421. The summed E-state index contributed by atoms with van der Waals surface area (Å²) in [4.78, 5) is 52.1. The molecule has 0 radical (unpaired) electrons. The van der Waals surface area contributed by atoms with Crippen LogP contribution in [0.25, 0.3) is 0 Å². The maximum atomic E-state index is 11.5. The van der Waals surface area contributed by atoms with Crippen molar-refractivity contribution < 1.29 is 28.7 Å². The molecule has 110 valence electrons. The van der Waals surface area contributed by atoms with E-state index in [0.717, 1.165) is 10.7 Å². The minimum absolute atomic E-state index is 0.0765. The molecule has 8 heteroatoms. The zero-order valence-electron chi connectivity index (χ0n) is 10.8. The Morgan fingerprint density at radius 2 is 1.80 bits per heavy atom. The van der Waals surface area contributed by atoms with Crippen LogP contribution in [-0.2, 0) is 18.9 Å². The van der Waals surface area contributed by atoms with Gasteiger partial charge in [-0.1, -0.05) is 6.08 Å². The second-order valence-corrected chi connectivity index (χ2v) is 5.79. The van der Waals surface area contributed by atoms with Gasteiger partial charge in [0.05, 0.1) is 0 Å². The molecule has 0 aromatic heterocycles. The van der Waals surface area contributed by atoms with Crippen molar-refractivity contribution in [2.24, 2.45) is 0 Å². The SMILES string of the molecule is O=C(CC/C=C/P(=O)(O)O)CCCN1C(=O)C=CC1=O. The van der Waals surface area contributed by atoms with Gasteiger partial charge in [-0.15, -0.1) is 0 Å². The van der Waals surface area contributed by atoms with Crippen LogP contribution in [0.1, 0.15) is 25.7 Å². The second-order valence-electron chi connectivity index (χ2n) is 4.32. The molecule has 1 aliphatic rings. The fourth-order valence-corrected chi connectivity index (χ4v) is 2.09. The molecule has 1 rings (SSSR count). The molecular formula is C12H16NO6P. The minimum atomic E-state index is -4.16. The van der Waals surface area contributed by atoms with Crippen molar-refractivity contribution in [2.45, 2.75) is 25.7 Å². The maximum absolute atomic E-state index is 11.5. The molecule has 0 unspecified atom stereocenters. The Kier molecular flexibility index (Phi) is 6.01. The predicted octanol–water partition coefficient (Wildman–Crippen LogP) is 0.732. The van der Waals surface area contributed by atoms with E-state index in [9.17, 15) is 18.9 Å². The third-order valence-electron chi connectivity index (χ3n) is 2.63. The molecule has 0 atom stereocenters. The van der Waals surface area contributed by atoms with Crippen LogP contribution < -0.4 is 0 Å². The van der Waals surface area contributed by atoms with Crippen LogP contribution >= 0.6 is 7.60 Å². The first-order chi connectivity index (χ1) is 9.29. The average molecular weight is 301 g/mol. The number of allylic oxidation sites excluding steroid dienone is 1. The van der Waals surface area contributed by atoms with E-state index in [-0.39, 0.29) is 43.4 Å². The fourth-order valence-electron chi connectivity index (χ4n) is 1.67. The Morgan fingerprint density at radius 1 is 1.20 bits per heavy atom. The molecule has 0 fully saturated rings. The highest BCUT2D eigenvalue weighted by Crippen LogP contribution is 2.36. The number of hydrogen-bond acceptors (Lipinski definition) is 4. The molecule has 0 aromatic carbocycles. The lowest BCUT2D eigenvalue weighted by Crippen LogP contribution is -2.31. The van der Waals surface area contributed by atoms with Gasteiger partial charge in [0.15, 0.2) is 0 Å². The van der Waals surface area contributed by atoms with Crippen molar-refractivity contribution in [2.75, 3.05) is 6.54 Å². The van der Waals surface area contributed by atoms with E-state index >= 15 is 0 Å². The Labute approximate surface area is 116 Å². The number of carbonyl (C=O) groups excluding carboxylic acids is 3. The summed E-state index contributed by atoms with van der Waals surface area (Å²) in [5, 5.41) is 0. The number of hydrogen-bond donors (Lipinski definition) is 2. The third kappa shape index (κ3) is 6.06. The standard InChI is InChI=1S/C12H16NO6P/c14-10(4-1-2-9-20(17,18)19)5-3-8-13-11(15)6-7-12(13)16/h2,6-7,9H,1,3-5,8H2,(H2,17,18,19)/b9-2+. The van der Waals surface area contributed by atoms with Crippen molar-refractivity contribution >= 4 is 25.2 Å². The van der Waals surface area contributed by atoms with Gasteiger partial charge in [-0.2, -0.15) is 0 Å². The van der Waals surface area contributed by atoms with Crippen molar-refractivity contribution in [1.29, 1.82) is 0 Å². The number of carbonyl (C=O) groups is 3. The number of amides is 2. The van der Waals surface area contributed by atoms with Crippen molar-refractivity contribution in [3.63, 3.8) is 0 Å². The zero-order valence-corrected chi connectivity index (χ0v) is 11.7. The predicted molar refractivity (Wildman–Crippen MR) is 70.5 cm³/mol. The number of imide groups is 1. The second kappa shape index (κ2) is 7.28. The molecule has 1 aliphatic heterocycles. The van der Waals surface area contributed by atoms with Gasteiger partial charge in [-0.3, -0.25) is 23.8 Å². The molecule has 0 aliphatic carbocycles. The molecule has 0 aromatic rings. The minimum Gasteiger partial charge on any atom is -0.321 e. The van der Waals surface area contributed by atoms with Crippen LogP contribution in [-0.4, -0.2) is 38.8 Å². The zero-order chi connectivity index (χ0) is 15.2. The van der Waals surface area contributed by atoms with Crippen molar-refractivity contribution in [1.82, 2.24) is 4.90 Å². The lowest BCUT2D eigenvalue weighted by Gasteiger charge is -2.12. The summed E-state index contributed by atoms with van der Waals surface area (Å²) < 4.78 is 10.5. The van der Waals surface area contributed by atoms with Crippen LogP contribution in [0, 0.1) is 0 Å². The number of nitrogens with zero attached hydrogens (tertiary/aromatic N) is 1. The van der Waals surface area contributed by atoms with E-state index < -0.39 is 7.60 Å². The average Bonchev–Trinajstić information content (AvgIpc) is 2.65. The van der Waals surface area contributed by atoms with Crippen LogP contribution in [0.2, 0.25) is 0 Å². The molecule has 20 heavy (non-hydrogen) atoms. The third-order valence-corrected chi connectivity index (χ3v) is 3.23. The highest BCUT2D eigenvalue weighted by atomic mass is 31.2. The summed E-state index contributed by atoms with van der Waals surface area (Å²) in [6, 6.07) is 0. The van der Waals surface area contributed by atoms with Crippen LogP contribution in [0.5, 0.6) is 0 Å². The summed E-state index contributed by atoms with van der Waals surface area (Å²) in [5.41, 5.74) is 0. The van der Waals surface area contributed by atoms with Crippen LogP contribution in [0.15, 0.2) is 24.0 Å². The first-order valence-electron chi connectivity index (χ1n) is 6.08. The Balaban J connectivity index is 2.18. The Morgan fingerprint density at radius 3 is 2.35 bits per heavy atom. The van der Waals surface area contributed by atoms with Gasteiger partial charge in [-0.25, -0.2) is 0 Å². The highest BCUT2D eigenvalue weighted by molar-refractivity contribution is 7.55. The Bertz CT molecular complexity index is 486. The lowest BCUT2D eigenvalue weighted by atomic mass is 10.1. The fraction of sp³-hybridized carbons (Fsp3) is 0.417. The van der Waals surface area contributed by atoms with Gasteiger partial charge in [-0.05, 0) is 12.8 Å². The molecule has 0 spiro atoms. The van der Waals surface area contributed by atoms with E-state index in [1.807, 2.05) is 0 Å². The topological polar surface area (TPSA) is 112 Å². The van der Waals surface area contributed by atoms with Gasteiger partial charge in [0.1, 0.15) is 5.78 Å². The number of rotatable bonds is 8. The van der Waals surface area contributed by atoms with Gasteiger partial charge in [0.25, 0.3) is 11.8 Å². The van der Waals surface area contributed by atoms with Gasteiger partial charge >= 0.3 is 7.60 Å². The molecule has 2 amide bonds. The van der Waals surface area contributed by atoms with Gasteiger partial charge < -0.3 is 9.79 Å². The molecule has 2 N–H and O–H groups in total. The number of ketones is 1. The lowest BCUT2D eigenvalue weighted by molar-refractivity contribution is -0.137. The summed E-state index contributed by atoms with van der Waals surface area (Å²) in [7, 11) is -4.16. The van der Waals surface area contributed by atoms with Crippen molar-refractivity contribution in [3.8, 4) is 0 Å². The molecule has 0 bridgehead atoms. The summed E-state index contributed by atoms with van der Waals surface area (Å²) in [6.07, 6.45) is 4.70. The maximum Gasteiger partial charge on any atom is 0.348 e. The van der Waals surface area contributed by atoms with E-state index in [1.165, 1.54) is 18.2 Å². The molecular weight excluding hydrogens is 285 g/mol. The van der Waals surface area contributed by atoms with E-state index in [1.54, 1.807) is 0 Å².